The molecule has 160 valence electrons. The van der Waals surface area contributed by atoms with Crippen molar-refractivity contribution >= 4 is 41.7 Å². The molecule has 2 N–H and O–H groups in total. The second kappa shape index (κ2) is 15.2. The number of aliphatic imine (C=N–C) groups is 1. The van der Waals surface area contributed by atoms with E-state index >= 15 is 0 Å². The summed E-state index contributed by atoms with van der Waals surface area (Å²) in [6, 6.07) is 0. The van der Waals surface area contributed by atoms with Crippen molar-refractivity contribution in [1.82, 2.24) is 15.5 Å². The second-order valence-corrected chi connectivity index (χ2v) is 9.19. The summed E-state index contributed by atoms with van der Waals surface area (Å²) in [7, 11) is 0. The number of hydrogen-bond donors (Lipinski definition) is 2. The molecule has 0 aliphatic carbocycles. The van der Waals surface area contributed by atoms with Gasteiger partial charge in [0.15, 0.2) is 5.96 Å². The Bertz CT molecular complexity index is 392. The lowest BCUT2D eigenvalue weighted by Crippen LogP contribution is -2.42. The van der Waals surface area contributed by atoms with E-state index in [4.69, 9.17) is 9.73 Å². The Labute approximate surface area is 188 Å². The maximum absolute atomic E-state index is 5.57. The van der Waals surface area contributed by atoms with E-state index in [1.807, 2.05) is 0 Å². The summed E-state index contributed by atoms with van der Waals surface area (Å²) in [4.78, 5) is 7.56. The van der Waals surface area contributed by atoms with Gasteiger partial charge in [0, 0.05) is 31.1 Å². The van der Waals surface area contributed by atoms with E-state index in [1.54, 1.807) is 0 Å². The number of halogens is 1. The predicted octanol–water partition coefficient (Wildman–Crippen LogP) is 3.73. The number of likely N-dealkylation sites (tertiary alicyclic amines) is 1. The molecule has 2 fully saturated rings. The van der Waals surface area contributed by atoms with Gasteiger partial charge in [-0.25, -0.2) is 0 Å². The van der Waals surface area contributed by atoms with Gasteiger partial charge in [0.2, 0.25) is 0 Å². The van der Waals surface area contributed by atoms with Crippen LogP contribution in [0.2, 0.25) is 0 Å². The molecule has 0 aromatic rings. The SMILES string of the molecule is CCNC(=NCC1(SCC)CCOCC1)NCCCN1CCCCCC1.I. The van der Waals surface area contributed by atoms with Gasteiger partial charge >= 0.3 is 0 Å². The van der Waals surface area contributed by atoms with Crippen LogP contribution in [0, 0.1) is 0 Å². The molecule has 0 spiro atoms. The highest BCUT2D eigenvalue weighted by Crippen LogP contribution is 2.35. The zero-order chi connectivity index (χ0) is 18.5. The van der Waals surface area contributed by atoms with Crippen molar-refractivity contribution in [2.75, 3.05) is 58.2 Å². The normalized spacial score (nSPS) is 21.2. The van der Waals surface area contributed by atoms with Gasteiger partial charge in [0.1, 0.15) is 0 Å². The minimum Gasteiger partial charge on any atom is -0.381 e. The van der Waals surface area contributed by atoms with Crippen LogP contribution in [-0.4, -0.2) is 73.8 Å². The standard InChI is InChI=1S/C20H40N4OS.HI/c1-3-21-19(22-12-9-15-24-13-7-5-6-8-14-24)23-18-20(26-4-2)10-16-25-17-11-20;/h3-18H2,1-2H3,(H2,21,22,23);1H. The third-order valence-electron chi connectivity index (χ3n) is 5.37. The van der Waals surface area contributed by atoms with Gasteiger partial charge in [-0.05, 0) is 64.4 Å². The quantitative estimate of drug-likeness (QED) is 0.214. The van der Waals surface area contributed by atoms with E-state index in [-0.39, 0.29) is 28.7 Å². The molecule has 0 aromatic heterocycles. The van der Waals surface area contributed by atoms with Gasteiger partial charge in [0.25, 0.3) is 0 Å². The van der Waals surface area contributed by atoms with Crippen LogP contribution in [0.3, 0.4) is 0 Å². The third-order valence-corrected chi connectivity index (χ3v) is 6.80. The van der Waals surface area contributed by atoms with Crippen molar-refractivity contribution in [3.63, 3.8) is 0 Å². The van der Waals surface area contributed by atoms with Crippen LogP contribution < -0.4 is 10.6 Å². The summed E-state index contributed by atoms with van der Waals surface area (Å²) in [5.41, 5.74) is 0. The van der Waals surface area contributed by atoms with E-state index in [0.717, 1.165) is 57.4 Å². The number of nitrogens with one attached hydrogen (secondary N) is 2. The van der Waals surface area contributed by atoms with Crippen LogP contribution in [0.15, 0.2) is 4.99 Å². The fourth-order valence-electron chi connectivity index (χ4n) is 3.83. The van der Waals surface area contributed by atoms with Gasteiger partial charge in [-0.3, -0.25) is 4.99 Å². The number of thioether (sulfide) groups is 1. The lowest BCUT2D eigenvalue weighted by Gasteiger charge is -2.35. The Hall–Kier alpha value is 0.270. The highest BCUT2D eigenvalue weighted by molar-refractivity contribution is 14.0. The molecule has 2 aliphatic rings. The molecule has 5 nitrogen and oxygen atoms in total. The molecule has 7 heteroatoms. The van der Waals surface area contributed by atoms with Crippen LogP contribution >= 0.6 is 35.7 Å². The number of hydrogen-bond acceptors (Lipinski definition) is 4. The lowest BCUT2D eigenvalue weighted by atomic mass is 9.99. The van der Waals surface area contributed by atoms with Crippen molar-refractivity contribution in [3.05, 3.63) is 0 Å². The maximum atomic E-state index is 5.57. The molecule has 0 aromatic carbocycles. The molecule has 2 aliphatic heterocycles. The van der Waals surface area contributed by atoms with Crippen molar-refractivity contribution in [3.8, 4) is 0 Å². The molecule has 0 unspecified atom stereocenters. The Morgan fingerprint density at radius 1 is 1.07 bits per heavy atom. The summed E-state index contributed by atoms with van der Waals surface area (Å²) in [6.45, 7) is 12.7. The average molecular weight is 513 g/mol. The van der Waals surface area contributed by atoms with E-state index < -0.39 is 0 Å². The van der Waals surface area contributed by atoms with Gasteiger partial charge in [-0.15, -0.1) is 24.0 Å². The lowest BCUT2D eigenvalue weighted by molar-refractivity contribution is 0.0793. The first-order chi connectivity index (χ1) is 12.8. The zero-order valence-corrected chi connectivity index (χ0v) is 20.6. The zero-order valence-electron chi connectivity index (χ0n) is 17.4. The summed E-state index contributed by atoms with van der Waals surface area (Å²) < 4.78 is 5.84. The van der Waals surface area contributed by atoms with Crippen LogP contribution in [0.4, 0.5) is 0 Å². The van der Waals surface area contributed by atoms with Crippen LogP contribution in [0.25, 0.3) is 0 Å². The molecule has 0 amide bonds. The van der Waals surface area contributed by atoms with Crippen LogP contribution in [-0.2, 0) is 4.74 Å². The number of nitrogens with zero attached hydrogens (tertiary/aromatic N) is 2. The minimum atomic E-state index is 0. The molecule has 0 saturated carbocycles. The molecule has 27 heavy (non-hydrogen) atoms. The van der Waals surface area contributed by atoms with E-state index in [9.17, 15) is 0 Å². The second-order valence-electron chi connectivity index (χ2n) is 7.46. The fraction of sp³-hybridized carbons (Fsp3) is 0.950. The fourth-order valence-corrected chi connectivity index (χ4v) is 5.06. The van der Waals surface area contributed by atoms with Crippen molar-refractivity contribution < 1.29 is 4.74 Å². The highest BCUT2D eigenvalue weighted by Gasteiger charge is 2.32. The van der Waals surface area contributed by atoms with E-state index in [2.05, 4.69) is 41.1 Å². The summed E-state index contributed by atoms with van der Waals surface area (Å²) >= 11 is 2.06. The first kappa shape index (κ1) is 25.3. The minimum absolute atomic E-state index is 0. The molecule has 0 radical (unpaired) electrons. The van der Waals surface area contributed by atoms with E-state index in [0.29, 0.717) is 0 Å². The van der Waals surface area contributed by atoms with Gasteiger partial charge < -0.3 is 20.3 Å². The maximum Gasteiger partial charge on any atom is 0.191 e. The largest absolute Gasteiger partial charge is 0.381 e. The summed E-state index contributed by atoms with van der Waals surface area (Å²) in [5.74, 6) is 2.13. The Morgan fingerprint density at radius 2 is 1.78 bits per heavy atom. The highest BCUT2D eigenvalue weighted by atomic mass is 127. The first-order valence-corrected chi connectivity index (χ1v) is 11.7. The molecular weight excluding hydrogens is 471 g/mol. The number of ether oxygens (including phenoxy) is 1. The average Bonchev–Trinajstić information content (AvgIpc) is 2.93. The van der Waals surface area contributed by atoms with Crippen LogP contribution in [0.1, 0.15) is 58.8 Å². The van der Waals surface area contributed by atoms with Gasteiger partial charge in [-0.2, -0.15) is 11.8 Å². The van der Waals surface area contributed by atoms with E-state index in [1.165, 1.54) is 51.7 Å². The Morgan fingerprint density at radius 3 is 2.41 bits per heavy atom. The van der Waals surface area contributed by atoms with Crippen molar-refractivity contribution in [2.45, 2.75) is 63.5 Å². The monoisotopic (exact) mass is 512 g/mol. The van der Waals surface area contributed by atoms with Gasteiger partial charge in [-0.1, -0.05) is 19.8 Å². The topological polar surface area (TPSA) is 48.9 Å². The third kappa shape index (κ3) is 10.0. The van der Waals surface area contributed by atoms with Crippen molar-refractivity contribution in [1.29, 1.82) is 0 Å². The van der Waals surface area contributed by atoms with Gasteiger partial charge in [0.05, 0.1) is 6.54 Å². The molecule has 2 heterocycles. The molecule has 0 atom stereocenters. The number of rotatable bonds is 9. The predicted molar refractivity (Wildman–Crippen MR) is 130 cm³/mol. The summed E-state index contributed by atoms with van der Waals surface area (Å²) in [6.07, 6.45) is 8.99. The van der Waals surface area contributed by atoms with Crippen molar-refractivity contribution in [2.24, 2.45) is 4.99 Å². The molecule has 0 bridgehead atoms. The first-order valence-electron chi connectivity index (χ1n) is 10.7. The number of guanidine groups is 1. The smallest absolute Gasteiger partial charge is 0.191 e. The van der Waals surface area contributed by atoms with Crippen LogP contribution in [0.5, 0.6) is 0 Å². The molecule has 2 saturated heterocycles. The summed E-state index contributed by atoms with van der Waals surface area (Å²) in [5, 5.41) is 6.96. The molecule has 2 rings (SSSR count). The Balaban J connectivity index is 0.00000364. The molecular formula is C20H41IN4OS. The Kier molecular flexibility index (Phi) is 14.2.